The summed E-state index contributed by atoms with van der Waals surface area (Å²) < 4.78 is 20.9. The standard InChI is InChI=1S/C39H22N4O3/c1-5-13-31(25(9-1)39-42-30-12-4-8-16-36(30)46-39)43-32-19-17-23(37-40-28-10-2-6-14-34(28)44-37)21-26(32)27-22-24(18-20-33(27)43)38-41-29-11-3-7-15-35(29)45-38/h1-22H. The Morgan fingerprint density at radius 2 is 0.848 bits per heavy atom. The van der Waals surface area contributed by atoms with Gasteiger partial charge in [0.15, 0.2) is 16.7 Å². The van der Waals surface area contributed by atoms with Gasteiger partial charge in [-0.1, -0.05) is 48.5 Å². The highest BCUT2D eigenvalue weighted by Gasteiger charge is 2.21. The number of oxazole rings is 3. The average Bonchev–Trinajstić information content (AvgIpc) is 3.90. The lowest BCUT2D eigenvalue weighted by Gasteiger charge is -2.12. The molecule has 4 aromatic heterocycles. The van der Waals surface area contributed by atoms with Crippen LogP contribution < -0.4 is 0 Å². The van der Waals surface area contributed by atoms with Gasteiger partial charge in [0.25, 0.3) is 0 Å². The Balaban J connectivity index is 1.24. The van der Waals surface area contributed by atoms with Crippen LogP contribution in [0.2, 0.25) is 0 Å². The van der Waals surface area contributed by atoms with Gasteiger partial charge in [-0.2, -0.15) is 0 Å². The van der Waals surface area contributed by atoms with Crippen molar-refractivity contribution < 1.29 is 13.3 Å². The maximum atomic E-state index is 6.26. The minimum atomic E-state index is 0.568. The number of aromatic nitrogens is 4. The molecule has 6 aromatic carbocycles. The van der Waals surface area contributed by atoms with Gasteiger partial charge in [-0.25, -0.2) is 15.0 Å². The number of rotatable bonds is 4. The van der Waals surface area contributed by atoms with E-state index in [-0.39, 0.29) is 0 Å². The van der Waals surface area contributed by atoms with Gasteiger partial charge in [-0.3, -0.25) is 0 Å². The first kappa shape index (κ1) is 24.9. The average molecular weight is 595 g/mol. The topological polar surface area (TPSA) is 83.0 Å². The lowest BCUT2D eigenvalue weighted by molar-refractivity contribution is 0.619. The Kier molecular flexibility index (Phi) is 5.15. The normalized spacial score (nSPS) is 11.9. The molecule has 4 heterocycles. The molecular formula is C39H22N4O3. The quantitative estimate of drug-likeness (QED) is 0.202. The zero-order valence-electron chi connectivity index (χ0n) is 24.2. The third-order valence-electron chi connectivity index (χ3n) is 8.52. The minimum Gasteiger partial charge on any atom is -0.436 e. The van der Waals surface area contributed by atoms with Crippen LogP contribution in [-0.2, 0) is 0 Å². The van der Waals surface area contributed by atoms with Crippen molar-refractivity contribution in [1.29, 1.82) is 0 Å². The van der Waals surface area contributed by atoms with Crippen molar-refractivity contribution in [1.82, 2.24) is 19.5 Å². The predicted octanol–water partition coefficient (Wildman–Crippen LogP) is 10.2. The third-order valence-corrected chi connectivity index (χ3v) is 8.52. The van der Waals surface area contributed by atoms with Crippen LogP contribution in [0.1, 0.15) is 0 Å². The molecule has 10 rings (SSSR count). The minimum absolute atomic E-state index is 0.568. The molecule has 10 aromatic rings. The molecule has 46 heavy (non-hydrogen) atoms. The summed E-state index contributed by atoms with van der Waals surface area (Å²) in [6.45, 7) is 0. The van der Waals surface area contributed by atoms with Crippen molar-refractivity contribution >= 4 is 55.1 Å². The summed E-state index contributed by atoms with van der Waals surface area (Å²) in [5, 5.41) is 2.08. The second kappa shape index (κ2) is 9.51. The monoisotopic (exact) mass is 594 g/mol. The molecule has 0 saturated heterocycles. The van der Waals surface area contributed by atoms with Crippen LogP contribution in [0.4, 0.5) is 0 Å². The third kappa shape index (κ3) is 3.75. The largest absolute Gasteiger partial charge is 0.436 e. The van der Waals surface area contributed by atoms with Crippen LogP contribution in [0, 0.1) is 0 Å². The van der Waals surface area contributed by atoms with Crippen LogP contribution in [-0.4, -0.2) is 19.5 Å². The Labute approximate surface area is 261 Å². The highest BCUT2D eigenvalue weighted by atomic mass is 16.4. The van der Waals surface area contributed by atoms with E-state index in [1.807, 2.05) is 84.9 Å². The van der Waals surface area contributed by atoms with E-state index in [2.05, 4.69) is 53.1 Å². The van der Waals surface area contributed by atoms with Crippen molar-refractivity contribution in [3.05, 3.63) is 133 Å². The molecule has 0 aliphatic carbocycles. The van der Waals surface area contributed by atoms with Crippen LogP contribution in [0.15, 0.2) is 147 Å². The molecule has 0 atom stereocenters. The zero-order valence-corrected chi connectivity index (χ0v) is 24.2. The summed E-state index contributed by atoms with van der Waals surface area (Å²) in [6, 6.07) is 44.4. The number of para-hydroxylation sites is 7. The van der Waals surface area contributed by atoms with Crippen molar-refractivity contribution in [3.63, 3.8) is 0 Å². The fourth-order valence-corrected chi connectivity index (χ4v) is 6.38. The molecule has 0 aliphatic rings. The van der Waals surface area contributed by atoms with Crippen LogP contribution in [0.5, 0.6) is 0 Å². The van der Waals surface area contributed by atoms with Crippen molar-refractivity contribution in [2.24, 2.45) is 0 Å². The van der Waals surface area contributed by atoms with Gasteiger partial charge in [-0.05, 0) is 84.9 Å². The lowest BCUT2D eigenvalue weighted by atomic mass is 10.1. The van der Waals surface area contributed by atoms with E-state index in [0.717, 1.165) is 77.5 Å². The molecule has 216 valence electrons. The van der Waals surface area contributed by atoms with Crippen molar-refractivity contribution in [2.75, 3.05) is 0 Å². The first-order valence-corrected chi connectivity index (χ1v) is 15.0. The molecule has 0 aliphatic heterocycles. The number of hydrogen-bond donors (Lipinski definition) is 0. The SMILES string of the molecule is c1ccc(-n2c3ccc(-c4nc5ccccc5o4)cc3c3cc(-c4nc5ccccc5o4)ccc32)c(-c2nc3ccccc3o2)c1. The van der Waals surface area contributed by atoms with E-state index >= 15 is 0 Å². The van der Waals surface area contributed by atoms with Gasteiger partial charge in [-0.15, -0.1) is 0 Å². The smallest absolute Gasteiger partial charge is 0.229 e. The van der Waals surface area contributed by atoms with Crippen LogP contribution in [0.25, 0.3) is 95.2 Å². The maximum Gasteiger partial charge on any atom is 0.229 e. The molecule has 0 spiro atoms. The highest BCUT2D eigenvalue weighted by molar-refractivity contribution is 6.12. The summed E-state index contributed by atoms with van der Waals surface area (Å²) in [4.78, 5) is 14.4. The van der Waals surface area contributed by atoms with Gasteiger partial charge >= 0.3 is 0 Å². The highest BCUT2D eigenvalue weighted by Crippen LogP contribution is 2.40. The van der Waals surface area contributed by atoms with E-state index < -0.39 is 0 Å². The molecule has 7 heteroatoms. The molecular weight excluding hydrogens is 572 g/mol. The Morgan fingerprint density at radius 3 is 1.37 bits per heavy atom. The van der Waals surface area contributed by atoms with Gasteiger partial charge in [0, 0.05) is 21.9 Å². The molecule has 7 nitrogen and oxygen atoms in total. The Morgan fingerprint density at radius 1 is 0.413 bits per heavy atom. The Hall–Kier alpha value is -6.47. The van der Waals surface area contributed by atoms with Crippen LogP contribution in [0.3, 0.4) is 0 Å². The molecule has 0 fully saturated rings. The second-order valence-corrected chi connectivity index (χ2v) is 11.3. The summed E-state index contributed by atoms with van der Waals surface area (Å²) in [5.74, 6) is 1.72. The second-order valence-electron chi connectivity index (χ2n) is 11.3. The molecule has 0 radical (unpaired) electrons. The van der Waals surface area contributed by atoms with E-state index in [0.29, 0.717) is 17.7 Å². The van der Waals surface area contributed by atoms with E-state index in [9.17, 15) is 0 Å². The van der Waals surface area contributed by atoms with E-state index in [1.165, 1.54) is 0 Å². The fraction of sp³-hybridized carbons (Fsp3) is 0. The fourth-order valence-electron chi connectivity index (χ4n) is 6.38. The lowest BCUT2D eigenvalue weighted by Crippen LogP contribution is -1.97. The summed E-state index contributed by atoms with van der Waals surface area (Å²) >= 11 is 0. The van der Waals surface area contributed by atoms with Crippen molar-refractivity contribution in [2.45, 2.75) is 0 Å². The van der Waals surface area contributed by atoms with Gasteiger partial charge in [0.2, 0.25) is 17.7 Å². The van der Waals surface area contributed by atoms with Crippen LogP contribution >= 0.6 is 0 Å². The molecule has 0 N–H and O–H groups in total. The van der Waals surface area contributed by atoms with Gasteiger partial charge in [0.05, 0.1) is 22.3 Å². The number of hydrogen-bond acceptors (Lipinski definition) is 6. The number of benzene rings is 6. The summed E-state index contributed by atoms with van der Waals surface area (Å²) in [7, 11) is 0. The maximum absolute atomic E-state index is 6.26. The number of nitrogens with zero attached hydrogens (tertiary/aromatic N) is 4. The number of fused-ring (bicyclic) bond motifs is 6. The van der Waals surface area contributed by atoms with E-state index in [4.69, 9.17) is 28.2 Å². The Bertz CT molecular complexity index is 2550. The van der Waals surface area contributed by atoms with Crippen molar-refractivity contribution in [3.8, 4) is 40.0 Å². The molecule has 0 amide bonds. The molecule has 0 bridgehead atoms. The first-order valence-electron chi connectivity index (χ1n) is 15.0. The summed E-state index contributed by atoms with van der Waals surface area (Å²) in [5.41, 5.74) is 10.4. The predicted molar refractivity (Wildman–Crippen MR) is 180 cm³/mol. The molecule has 0 saturated carbocycles. The first-order chi connectivity index (χ1) is 22.8. The van der Waals surface area contributed by atoms with E-state index in [1.54, 1.807) is 0 Å². The summed E-state index contributed by atoms with van der Waals surface area (Å²) in [6.07, 6.45) is 0. The van der Waals surface area contributed by atoms with Gasteiger partial charge in [0.1, 0.15) is 16.6 Å². The molecule has 0 unspecified atom stereocenters. The van der Waals surface area contributed by atoms with Gasteiger partial charge < -0.3 is 17.8 Å². The zero-order chi connectivity index (χ0) is 30.2.